The lowest BCUT2D eigenvalue weighted by molar-refractivity contribution is 0.257. The molecule has 3 aromatic rings. The van der Waals surface area contributed by atoms with Gasteiger partial charge in [0.1, 0.15) is 5.75 Å². The number of phenols is 1. The predicted octanol–water partition coefficient (Wildman–Crippen LogP) is 11.6. The molecule has 3 aliphatic rings. The Morgan fingerprint density at radius 3 is 2.05 bits per heavy atom. The van der Waals surface area contributed by atoms with Crippen molar-refractivity contribution in [2.75, 3.05) is 6.16 Å². The van der Waals surface area contributed by atoms with E-state index in [0.29, 0.717) is 23.5 Å². The highest BCUT2D eigenvalue weighted by Gasteiger charge is 2.54. The lowest BCUT2D eigenvalue weighted by Crippen LogP contribution is -2.41. The Kier molecular flexibility index (Phi) is 8.61. The number of rotatable bonds is 6. The average Bonchev–Trinajstić information content (AvgIpc) is 3.37. The van der Waals surface area contributed by atoms with Gasteiger partial charge in [-0.3, -0.25) is 4.99 Å². The number of para-hydroxylation sites is 1. The van der Waals surface area contributed by atoms with Gasteiger partial charge in [-0.05, 0) is 78.2 Å². The number of aliphatic imine (C=N–C) groups is 1. The third-order valence-electron chi connectivity index (χ3n) is 10.7. The van der Waals surface area contributed by atoms with Crippen LogP contribution in [0.25, 0.3) is 10.8 Å². The summed E-state index contributed by atoms with van der Waals surface area (Å²) in [5.74, 6) is 1.91. The van der Waals surface area contributed by atoms with Crippen molar-refractivity contribution in [1.82, 2.24) is 0 Å². The lowest BCUT2D eigenvalue weighted by atomic mass is 9.63. The van der Waals surface area contributed by atoms with E-state index in [-0.39, 0.29) is 13.3 Å². The van der Waals surface area contributed by atoms with E-state index >= 15 is 0 Å². The molecule has 3 heteroatoms. The molecule has 41 heavy (non-hydrogen) atoms. The van der Waals surface area contributed by atoms with E-state index in [2.05, 4.69) is 82.3 Å². The smallest absolute Gasteiger partial charge is 0.127 e. The van der Waals surface area contributed by atoms with Crippen molar-refractivity contribution in [2.45, 2.75) is 121 Å². The molecule has 2 atom stereocenters. The Morgan fingerprint density at radius 2 is 1.39 bits per heavy atom. The molecule has 2 saturated carbocycles. The van der Waals surface area contributed by atoms with Gasteiger partial charge in [0.05, 0.1) is 11.1 Å². The van der Waals surface area contributed by atoms with Crippen molar-refractivity contribution >= 4 is 29.8 Å². The van der Waals surface area contributed by atoms with E-state index in [1.807, 2.05) is 0 Å². The minimum Gasteiger partial charge on any atom is -0.507 e. The van der Waals surface area contributed by atoms with Crippen LogP contribution in [-0.2, 0) is 5.41 Å². The van der Waals surface area contributed by atoms with Crippen molar-refractivity contribution in [3.8, 4) is 5.75 Å². The van der Waals surface area contributed by atoms with Gasteiger partial charge >= 0.3 is 0 Å². The Balaban J connectivity index is 1.64. The maximum atomic E-state index is 12.1. The Bertz CT molecular complexity index is 1370. The van der Waals surface area contributed by atoms with Crippen molar-refractivity contribution < 1.29 is 5.11 Å². The Hall–Kier alpha value is -2.18. The van der Waals surface area contributed by atoms with Gasteiger partial charge in [-0.1, -0.05) is 129 Å². The Morgan fingerprint density at radius 1 is 0.756 bits per heavy atom. The molecule has 2 aliphatic carbocycles. The number of benzene rings is 3. The van der Waals surface area contributed by atoms with Crippen LogP contribution >= 0.6 is 7.92 Å². The standard InChI is InChI=1S/C38H50NOP/c1-26(2)31-20-13-21-32(27(3)4)35(31)39-37-38(29-15-7-5-8-16-29,24-25-41(37)30-17-9-6-10-18-30)34-23-22-28-14-11-12-19-33(28)36(34)40/h11-14,19-23,26-27,29-30,40H,5-10,15-18,24-25H2,1-4H3. The van der Waals surface area contributed by atoms with E-state index in [1.165, 1.54) is 98.2 Å². The average molecular weight is 568 g/mol. The summed E-state index contributed by atoms with van der Waals surface area (Å²) in [6, 6.07) is 19.9. The molecule has 0 spiro atoms. The van der Waals surface area contributed by atoms with Gasteiger partial charge in [-0.15, -0.1) is 0 Å². The van der Waals surface area contributed by atoms with Crippen LogP contribution in [0.2, 0.25) is 0 Å². The zero-order valence-corrected chi connectivity index (χ0v) is 26.7. The minimum absolute atomic E-state index is 0.171. The molecule has 0 aromatic heterocycles. The molecule has 1 heterocycles. The monoisotopic (exact) mass is 567 g/mol. The molecule has 218 valence electrons. The fourth-order valence-electron chi connectivity index (χ4n) is 8.50. The lowest BCUT2D eigenvalue weighted by Gasteiger charge is -2.43. The Labute approximate surface area is 249 Å². The molecular formula is C38H50NOP. The van der Waals surface area contributed by atoms with E-state index in [0.717, 1.165) is 22.9 Å². The second kappa shape index (κ2) is 12.2. The zero-order valence-electron chi connectivity index (χ0n) is 25.8. The van der Waals surface area contributed by atoms with Crippen LogP contribution in [0.5, 0.6) is 5.75 Å². The summed E-state index contributed by atoms with van der Waals surface area (Å²) in [5.41, 5.74) is 7.29. The van der Waals surface area contributed by atoms with Gasteiger partial charge in [0, 0.05) is 16.4 Å². The van der Waals surface area contributed by atoms with Crippen LogP contribution in [-0.4, -0.2) is 22.4 Å². The van der Waals surface area contributed by atoms with Crippen LogP contribution in [0.1, 0.15) is 127 Å². The summed E-state index contributed by atoms with van der Waals surface area (Å²) in [5, 5.41) is 14.3. The van der Waals surface area contributed by atoms with Crippen LogP contribution in [0.15, 0.2) is 59.6 Å². The third-order valence-corrected chi connectivity index (χ3v) is 13.8. The van der Waals surface area contributed by atoms with Crippen LogP contribution < -0.4 is 0 Å². The van der Waals surface area contributed by atoms with Gasteiger partial charge in [-0.2, -0.15) is 0 Å². The number of hydrogen-bond acceptors (Lipinski definition) is 2. The van der Waals surface area contributed by atoms with Gasteiger partial charge < -0.3 is 5.11 Å². The highest BCUT2D eigenvalue weighted by molar-refractivity contribution is 7.76. The summed E-state index contributed by atoms with van der Waals surface area (Å²) in [7, 11) is -0.367. The highest BCUT2D eigenvalue weighted by atomic mass is 31.1. The first-order valence-electron chi connectivity index (χ1n) is 16.6. The van der Waals surface area contributed by atoms with Crippen molar-refractivity contribution in [1.29, 1.82) is 0 Å². The zero-order chi connectivity index (χ0) is 28.6. The number of fused-ring (bicyclic) bond motifs is 1. The molecule has 0 radical (unpaired) electrons. The van der Waals surface area contributed by atoms with Crippen LogP contribution in [0.4, 0.5) is 5.69 Å². The molecule has 2 nitrogen and oxygen atoms in total. The summed E-state index contributed by atoms with van der Waals surface area (Å²) in [6.45, 7) is 9.30. The summed E-state index contributed by atoms with van der Waals surface area (Å²) in [6.07, 6.45) is 15.7. The van der Waals surface area contributed by atoms with E-state index in [1.54, 1.807) is 0 Å². The van der Waals surface area contributed by atoms with Crippen LogP contribution in [0.3, 0.4) is 0 Å². The van der Waals surface area contributed by atoms with E-state index in [4.69, 9.17) is 4.99 Å². The molecule has 3 fully saturated rings. The van der Waals surface area contributed by atoms with Crippen molar-refractivity contribution in [3.05, 3.63) is 71.3 Å². The maximum absolute atomic E-state index is 12.1. The molecule has 1 N–H and O–H groups in total. The summed E-state index contributed by atoms with van der Waals surface area (Å²) >= 11 is 0. The second-order valence-electron chi connectivity index (χ2n) is 13.8. The molecular weight excluding hydrogens is 517 g/mol. The first-order valence-corrected chi connectivity index (χ1v) is 18.2. The first kappa shape index (κ1) is 28.9. The largest absolute Gasteiger partial charge is 0.507 e. The van der Waals surface area contributed by atoms with Gasteiger partial charge in [-0.25, -0.2) is 0 Å². The fourth-order valence-corrected chi connectivity index (χ4v) is 12.2. The molecule has 2 unspecified atom stereocenters. The molecule has 1 aliphatic heterocycles. The SMILES string of the molecule is CC(C)c1cccc(C(C)C)c1N=C1P(C2CCCCC2)CCC1(c1ccc2ccccc2c1O)C1CCCCC1. The summed E-state index contributed by atoms with van der Waals surface area (Å²) in [4.78, 5) is 6.02. The van der Waals surface area contributed by atoms with E-state index in [9.17, 15) is 5.11 Å². The van der Waals surface area contributed by atoms with Gasteiger partial charge in [0.25, 0.3) is 0 Å². The minimum atomic E-state index is -0.367. The molecule has 3 aromatic carbocycles. The molecule has 6 rings (SSSR count). The number of phenolic OH excluding ortho intramolecular Hbond substituents is 1. The third kappa shape index (κ3) is 5.29. The second-order valence-corrected chi connectivity index (χ2v) is 16.3. The number of aromatic hydroxyl groups is 1. The van der Waals surface area contributed by atoms with Crippen LogP contribution in [0, 0.1) is 5.92 Å². The number of nitrogens with zero attached hydrogens (tertiary/aromatic N) is 1. The number of hydrogen-bond donors (Lipinski definition) is 1. The molecule has 0 amide bonds. The summed E-state index contributed by atoms with van der Waals surface area (Å²) < 4.78 is 0. The predicted molar refractivity (Wildman–Crippen MR) is 179 cm³/mol. The van der Waals surface area contributed by atoms with E-state index < -0.39 is 0 Å². The van der Waals surface area contributed by atoms with Gasteiger partial charge in [0.15, 0.2) is 0 Å². The quantitative estimate of drug-likeness (QED) is 0.295. The van der Waals surface area contributed by atoms with Crippen molar-refractivity contribution in [3.63, 3.8) is 0 Å². The first-order chi connectivity index (χ1) is 19.9. The highest BCUT2D eigenvalue weighted by Crippen LogP contribution is 2.66. The molecule has 0 bridgehead atoms. The molecule has 1 saturated heterocycles. The normalized spacial score (nSPS) is 25.6. The van der Waals surface area contributed by atoms with Gasteiger partial charge in [0.2, 0.25) is 0 Å². The fraction of sp³-hybridized carbons (Fsp3) is 0.553. The maximum Gasteiger partial charge on any atom is 0.127 e. The van der Waals surface area contributed by atoms with Crippen molar-refractivity contribution in [2.24, 2.45) is 10.9 Å². The topological polar surface area (TPSA) is 32.6 Å².